The maximum Gasteiger partial charge on any atom is 0.0744 e. The number of hydrogen-bond donors (Lipinski definition) is 1. The molecule has 0 aromatic rings. The summed E-state index contributed by atoms with van der Waals surface area (Å²) in [5.74, 6) is 0. The fourth-order valence-corrected chi connectivity index (χ4v) is 0.780. The molecule has 0 radical (unpaired) electrons. The number of allylic oxidation sites excluding steroid dienone is 1. The lowest BCUT2D eigenvalue weighted by molar-refractivity contribution is 0.206. The molecule has 0 aliphatic rings. The van der Waals surface area contributed by atoms with E-state index in [4.69, 9.17) is 0 Å². The van der Waals surface area contributed by atoms with Crippen LogP contribution >= 0.6 is 0 Å². The van der Waals surface area contributed by atoms with E-state index < -0.39 is 0 Å². The van der Waals surface area contributed by atoms with Gasteiger partial charge in [0, 0.05) is 0 Å². The quantitative estimate of drug-likeness (QED) is 0.577. The molecule has 0 saturated carbocycles. The predicted molar refractivity (Wildman–Crippen MR) is 40.3 cm³/mol. The molecule has 54 valence electrons. The van der Waals surface area contributed by atoms with Gasteiger partial charge in [0.25, 0.3) is 0 Å². The Morgan fingerprint density at radius 1 is 1.56 bits per heavy atom. The Labute approximate surface area is 57.4 Å². The van der Waals surface area contributed by atoms with Crippen molar-refractivity contribution in [1.82, 2.24) is 0 Å². The summed E-state index contributed by atoms with van der Waals surface area (Å²) in [7, 11) is 0. The lowest BCUT2D eigenvalue weighted by Crippen LogP contribution is -2.05. The van der Waals surface area contributed by atoms with Crippen LogP contribution in [0.25, 0.3) is 0 Å². The van der Waals surface area contributed by atoms with Crippen LogP contribution in [-0.4, -0.2) is 11.2 Å². The molecule has 0 fully saturated rings. The molecule has 0 heterocycles. The van der Waals surface area contributed by atoms with Gasteiger partial charge in [-0.3, -0.25) is 0 Å². The van der Waals surface area contributed by atoms with Gasteiger partial charge in [0.2, 0.25) is 0 Å². The molecular formula is C8H16O. The van der Waals surface area contributed by atoms with E-state index in [0.29, 0.717) is 0 Å². The molecule has 1 atom stereocenters. The largest absolute Gasteiger partial charge is 0.389 e. The fraction of sp³-hybridized carbons (Fsp3) is 0.750. The van der Waals surface area contributed by atoms with Gasteiger partial charge in [-0.2, -0.15) is 0 Å². The van der Waals surface area contributed by atoms with Crippen LogP contribution in [0.4, 0.5) is 0 Å². The van der Waals surface area contributed by atoms with Crippen molar-refractivity contribution < 1.29 is 5.11 Å². The molecule has 0 saturated heterocycles. The van der Waals surface area contributed by atoms with Gasteiger partial charge in [-0.15, -0.1) is 0 Å². The van der Waals surface area contributed by atoms with E-state index in [9.17, 15) is 5.11 Å². The molecule has 0 amide bonds. The van der Waals surface area contributed by atoms with Crippen molar-refractivity contribution >= 4 is 0 Å². The van der Waals surface area contributed by atoms with E-state index in [2.05, 4.69) is 13.0 Å². The third-order valence-electron chi connectivity index (χ3n) is 1.44. The van der Waals surface area contributed by atoms with Crippen LogP contribution in [0.1, 0.15) is 33.6 Å². The molecule has 1 nitrogen and oxygen atoms in total. The highest BCUT2D eigenvalue weighted by atomic mass is 16.3. The van der Waals surface area contributed by atoms with E-state index in [1.807, 2.05) is 13.8 Å². The summed E-state index contributed by atoms with van der Waals surface area (Å²) in [6.45, 7) is 6.03. The van der Waals surface area contributed by atoms with Crippen molar-refractivity contribution in [2.24, 2.45) is 0 Å². The lowest BCUT2D eigenvalue weighted by Gasteiger charge is -2.06. The summed E-state index contributed by atoms with van der Waals surface area (Å²) in [6.07, 6.45) is 3.68. The SMILES string of the molecule is CCC=C(C)C(O)CC. The average molecular weight is 128 g/mol. The molecule has 0 rings (SSSR count). The molecular weight excluding hydrogens is 112 g/mol. The van der Waals surface area contributed by atoms with Gasteiger partial charge in [-0.05, 0) is 25.3 Å². The van der Waals surface area contributed by atoms with Gasteiger partial charge in [0.05, 0.1) is 6.10 Å². The van der Waals surface area contributed by atoms with Crippen LogP contribution in [0.5, 0.6) is 0 Å². The van der Waals surface area contributed by atoms with Crippen LogP contribution in [0, 0.1) is 0 Å². The van der Waals surface area contributed by atoms with E-state index >= 15 is 0 Å². The third kappa shape index (κ3) is 3.31. The Morgan fingerprint density at radius 2 is 2.11 bits per heavy atom. The highest BCUT2D eigenvalue weighted by molar-refractivity contribution is 5.03. The van der Waals surface area contributed by atoms with Crippen LogP contribution in [-0.2, 0) is 0 Å². The smallest absolute Gasteiger partial charge is 0.0744 e. The maximum atomic E-state index is 9.19. The second-order valence-corrected chi connectivity index (χ2v) is 2.28. The summed E-state index contributed by atoms with van der Waals surface area (Å²) in [6, 6.07) is 0. The summed E-state index contributed by atoms with van der Waals surface area (Å²) in [5.41, 5.74) is 1.10. The van der Waals surface area contributed by atoms with Gasteiger partial charge < -0.3 is 5.11 Å². The lowest BCUT2D eigenvalue weighted by atomic mass is 10.1. The monoisotopic (exact) mass is 128 g/mol. The Hall–Kier alpha value is -0.300. The van der Waals surface area contributed by atoms with E-state index in [-0.39, 0.29) is 6.10 Å². The summed E-state index contributed by atoms with van der Waals surface area (Å²) in [5, 5.41) is 9.19. The Kier molecular flexibility index (Phi) is 4.41. The zero-order valence-corrected chi connectivity index (χ0v) is 6.52. The summed E-state index contributed by atoms with van der Waals surface area (Å²) >= 11 is 0. The Bertz CT molecular complexity index is 94.7. The molecule has 1 heteroatoms. The highest BCUT2D eigenvalue weighted by Gasteiger charge is 1.99. The second-order valence-electron chi connectivity index (χ2n) is 2.28. The summed E-state index contributed by atoms with van der Waals surface area (Å²) in [4.78, 5) is 0. The number of aliphatic hydroxyl groups excluding tert-OH is 1. The standard InChI is InChI=1S/C8H16O/c1-4-6-7(3)8(9)5-2/h6,8-9H,4-5H2,1-3H3. The van der Waals surface area contributed by atoms with E-state index in [1.165, 1.54) is 0 Å². The molecule has 0 bridgehead atoms. The van der Waals surface area contributed by atoms with Gasteiger partial charge in [-0.1, -0.05) is 19.9 Å². The molecule has 0 aliphatic carbocycles. The first-order valence-corrected chi connectivity index (χ1v) is 3.57. The van der Waals surface area contributed by atoms with Crippen molar-refractivity contribution in [2.75, 3.05) is 0 Å². The van der Waals surface area contributed by atoms with E-state index in [0.717, 1.165) is 18.4 Å². The van der Waals surface area contributed by atoms with Gasteiger partial charge >= 0.3 is 0 Å². The van der Waals surface area contributed by atoms with Crippen LogP contribution in [0.3, 0.4) is 0 Å². The molecule has 0 aliphatic heterocycles. The summed E-state index contributed by atoms with van der Waals surface area (Å²) < 4.78 is 0. The van der Waals surface area contributed by atoms with Gasteiger partial charge in [0.15, 0.2) is 0 Å². The van der Waals surface area contributed by atoms with Gasteiger partial charge in [0.1, 0.15) is 0 Å². The minimum absolute atomic E-state index is 0.218. The topological polar surface area (TPSA) is 20.2 Å². The van der Waals surface area contributed by atoms with Gasteiger partial charge in [-0.25, -0.2) is 0 Å². The number of rotatable bonds is 3. The number of hydrogen-bond acceptors (Lipinski definition) is 1. The van der Waals surface area contributed by atoms with Crippen molar-refractivity contribution in [3.63, 3.8) is 0 Å². The predicted octanol–water partition coefficient (Wildman–Crippen LogP) is 2.11. The minimum Gasteiger partial charge on any atom is -0.389 e. The zero-order valence-electron chi connectivity index (χ0n) is 6.52. The molecule has 1 N–H and O–H groups in total. The van der Waals surface area contributed by atoms with Crippen LogP contribution in [0.2, 0.25) is 0 Å². The van der Waals surface area contributed by atoms with Crippen molar-refractivity contribution in [1.29, 1.82) is 0 Å². The second kappa shape index (κ2) is 4.57. The first-order valence-electron chi connectivity index (χ1n) is 3.57. The van der Waals surface area contributed by atoms with E-state index in [1.54, 1.807) is 0 Å². The first-order chi connectivity index (χ1) is 4.22. The fourth-order valence-electron chi connectivity index (χ4n) is 0.780. The van der Waals surface area contributed by atoms with Crippen molar-refractivity contribution in [3.05, 3.63) is 11.6 Å². The molecule has 0 aromatic carbocycles. The van der Waals surface area contributed by atoms with Crippen LogP contribution in [0.15, 0.2) is 11.6 Å². The molecule has 0 aromatic heterocycles. The zero-order chi connectivity index (χ0) is 7.28. The van der Waals surface area contributed by atoms with Crippen molar-refractivity contribution in [3.8, 4) is 0 Å². The van der Waals surface area contributed by atoms with Crippen molar-refractivity contribution in [2.45, 2.75) is 39.7 Å². The average Bonchev–Trinajstić information content (AvgIpc) is 1.87. The maximum absolute atomic E-state index is 9.19. The normalized spacial score (nSPS) is 15.8. The highest BCUT2D eigenvalue weighted by Crippen LogP contribution is 2.04. The Morgan fingerprint density at radius 3 is 2.44 bits per heavy atom. The molecule has 0 spiro atoms. The molecule has 9 heavy (non-hydrogen) atoms. The minimum atomic E-state index is -0.218. The third-order valence-corrected chi connectivity index (χ3v) is 1.44. The van der Waals surface area contributed by atoms with Crippen LogP contribution < -0.4 is 0 Å². The Balaban J connectivity index is 3.70. The first kappa shape index (κ1) is 8.70. The number of aliphatic hydroxyl groups is 1. The molecule has 1 unspecified atom stereocenters.